The maximum Gasteiger partial charge on any atom is 0.303 e. The van der Waals surface area contributed by atoms with E-state index in [1.165, 1.54) is 6.07 Å². The molecule has 0 saturated heterocycles. The molecule has 0 radical (unpaired) electrons. The van der Waals surface area contributed by atoms with E-state index in [4.69, 9.17) is 31.9 Å². The number of nitrogens with two attached hydrogens (primary N) is 1. The molecule has 0 aromatic heterocycles. The van der Waals surface area contributed by atoms with Crippen LogP contribution in [-0.2, 0) is 4.79 Å². The third kappa shape index (κ3) is 2.85. The number of hydrogen-bond donors (Lipinski definition) is 3. The van der Waals surface area contributed by atoms with Crippen LogP contribution in [-0.4, -0.2) is 29.4 Å². The number of phenols is 1. The summed E-state index contributed by atoms with van der Waals surface area (Å²) in [5, 5.41) is 18.5. The summed E-state index contributed by atoms with van der Waals surface area (Å²) >= 11 is 6.03. The van der Waals surface area contributed by atoms with Gasteiger partial charge in [-0.05, 0) is 6.42 Å². The molecule has 1 heterocycles. The molecule has 1 atom stereocenters. The minimum absolute atomic E-state index is 0.0714. The molecular formula is C12H14ClNO5. The maximum atomic E-state index is 10.6. The first-order valence-electron chi connectivity index (χ1n) is 5.79. The van der Waals surface area contributed by atoms with Gasteiger partial charge in [0.15, 0.2) is 11.5 Å². The molecule has 0 saturated carbocycles. The average molecular weight is 288 g/mol. The van der Waals surface area contributed by atoms with E-state index in [0.29, 0.717) is 30.3 Å². The Hall–Kier alpha value is -1.66. The van der Waals surface area contributed by atoms with Crippen molar-refractivity contribution in [2.75, 3.05) is 13.2 Å². The van der Waals surface area contributed by atoms with E-state index in [9.17, 15) is 9.90 Å². The number of aliphatic carboxylic acids is 1. The molecule has 7 heteroatoms. The number of rotatable bonds is 4. The van der Waals surface area contributed by atoms with Crippen molar-refractivity contribution in [1.82, 2.24) is 0 Å². The Morgan fingerprint density at radius 2 is 2.16 bits per heavy atom. The summed E-state index contributed by atoms with van der Waals surface area (Å²) in [5.41, 5.74) is 6.33. The summed E-state index contributed by atoms with van der Waals surface area (Å²) < 4.78 is 10.8. The van der Waals surface area contributed by atoms with Gasteiger partial charge in [-0.1, -0.05) is 11.6 Å². The van der Waals surface area contributed by atoms with Crippen molar-refractivity contribution < 1.29 is 24.5 Å². The highest BCUT2D eigenvalue weighted by Gasteiger charge is 2.26. The van der Waals surface area contributed by atoms with Gasteiger partial charge >= 0.3 is 5.97 Å². The van der Waals surface area contributed by atoms with E-state index in [-0.39, 0.29) is 23.6 Å². The minimum Gasteiger partial charge on any atom is -0.506 e. The number of ether oxygens (including phenoxy) is 2. The highest BCUT2D eigenvalue weighted by atomic mass is 35.5. The van der Waals surface area contributed by atoms with Crippen LogP contribution >= 0.6 is 11.6 Å². The first kappa shape index (κ1) is 13.8. The molecule has 2 rings (SSSR count). The Balaban J connectivity index is 2.37. The van der Waals surface area contributed by atoms with Gasteiger partial charge in [-0.25, -0.2) is 0 Å². The summed E-state index contributed by atoms with van der Waals surface area (Å²) in [4.78, 5) is 10.6. The van der Waals surface area contributed by atoms with E-state index in [0.717, 1.165) is 0 Å². The van der Waals surface area contributed by atoms with E-state index < -0.39 is 12.0 Å². The lowest BCUT2D eigenvalue weighted by Gasteiger charge is -2.25. The number of fused-ring (bicyclic) bond motifs is 1. The van der Waals surface area contributed by atoms with Crippen LogP contribution in [0.5, 0.6) is 17.2 Å². The number of benzene rings is 1. The van der Waals surface area contributed by atoms with Crippen molar-refractivity contribution in [3.63, 3.8) is 0 Å². The van der Waals surface area contributed by atoms with Crippen molar-refractivity contribution in [3.8, 4) is 17.2 Å². The van der Waals surface area contributed by atoms with Crippen LogP contribution in [0, 0.1) is 0 Å². The topological polar surface area (TPSA) is 102 Å². The van der Waals surface area contributed by atoms with Gasteiger partial charge in [0.05, 0.1) is 5.02 Å². The number of aromatic hydroxyl groups is 1. The Morgan fingerprint density at radius 1 is 1.47 bits per heavy atom. The molecule has 1 aromatic rings. The molecule has 0 spiro atoms. The molecular weight excluding hydrogens is 274 g/mol. The predicted molar refractivity (Wildman–Crippen MR) is 67.9 cm³/mol. The number of halogens is 1. The van der Waals surface area contributed by atoms with Crippen LogP contribution in [0.1, 0.15) is 24.4 Å². The Labute approximate surface area is 114 Å². The highest BCUT2D eigenvalue weighted by Crippen LogP contribution is 2.46. The van der Waals surface area contributed by atoms with Crippen molar-refractivity contribution in [1.29, 1.82) is 0 Å². The lowest BCUT2D eigenvalue weighted by Crippen LogP contribution is -2.20. The Kier molecular flexibility index (Phi) is 4.01. The second-order valence-electron chi connectivity index (χ2n) is 4.19. The summed E-state index contributed by atoms with van der Waals surface area (Å²) in [6, 6.07) is 0.718. The first-order chi connectivity index (χ1) is 9.00. The van der Waals surface area contributed by atoms with Crippen molar-refractivity contribution in [2.24, 2.45) is 5.73 Å². The van der Waals surface area contributed by atoms with Gasteiger partial charge in [0.2, 0.25) is 0 Å². The van der Waals surface area contributed by atoms with Gasteiger partial charge in [0.25, 0.3) is 0 Å². The van der Waals surface area contributed by atoms with E-state index in [1.54, 1.807) is 0 Å². The zero-order chi connectivity index (χ0) is 14.0. The zero-order valence-corrected chi connectivity index (χ0v) is 10.8. The standard InChI is InChI=1S/C12H14ClNO5/c13-11-7(15)5-8-12(19-4-3-18-8)10(11)6(14)1-2-9(16)17/h5-6,15H,1-4,14H2,(H,16,17). The maximum absolute atomic E-state index is 10.6. The SMILES string of the molecule is NC(CCC(=O)O)c1c(Cl)c(O)cc2c1OCCO2. The lowest BCUT2D eigenvalue weighted by atomic mass is 10.0. The molecule has 1 aliphatic rings. The van der Waals surface area contributed by atoms with E-state index in [1.807, 2.05) is 0 Å². The van der Waals surface area contributed by atoms with E-state index in [2.05, 4.69) is 0 Å². The number of phenolic OH excluding ortho intramolecular Hbond substituents is 1. The van der Waals surface area contributed by atoms with Crippen LogP contribution in [0.4, 0.5) is 0 Å². The second kappa shape index (κ2) is 5.54. The van der Waals surface area contributed by atoms with Gasteiger partial charge in [-0.15, -0.1) is 0 Å². The molecule has 0 amide bonds. The van der Waals surface area contributed by atoms with Gasteiger partial charge < -0.3 is 25.4 Å². The Bertz CT molecular complexity index is 505. The molecule has 0 fully saturated rings. The molecule has 1 aliphatic heterocycles. The monoisotopic (exact) mass is 287 g/mol. The molecule has 1 unspecified atom stereocenters. The van der Waals surface area contributed by atoms with Crippen LogP contribution in [0.3, 0.4) is 0 Å². The molecule has 1 aromatic carbocycles. The van der Waals surface area contributed by atoms with E-state index >= 15 is 0 Å². The summed E-state index contributed by atoms with van der Waals surface area (Å²) in [6.07, 6.45) is 0.0943. The molecule has 0 aliphatic carbocycles. The largest absolute Gasteiger partial charge is 0.506 e. The molecule has 19 heavy (non-hydrogen) atoms. The summed E-state index contributed by atoms with van der Waals surface area (Å²) in [7, 11) is 0. The summed E-state index contributed by atoms with van der Waals surface area (Å²) in [6.45, 7) is 0.727. The van der Waals surface area contributed by atoms with Crippen LogP contribution in [0.15, 0.2) is 6.07 Å². The number of carboxylic acids is 1. The van der Waals surface area contributed by atoms with Gasteiger partial charge in [-0.3, -0.25) is 4.79 Å². The highest BCUT2D eigenvalue weighted by molar-refractivity contribution is 6.33. The van der Waals surface area contributed by atoms with Crippen LogP contribution in [0.25, 0.3) is 0 Å². The zero-order valence-electron chi connectivity index (χ0n) is 10.1. The van der Waals surface area contributed by atoms with Crippen LogP contribution in [0.2, 0.25) is 5.02 Å². The molecule has 6 nitrogen and oxygen atoms in total. The Morgan fingerprint density at radius 3 is 2.84 bits per heavy atom. The second-order valence-corrected chi connectivity index (χ2v) is 4.56. The molecule has 104 valence electrons. The van der Waals surface area contributed by atoms with Crippen molar-refractivity contribution >= 4 is 17.6 Å². The van der Waals surface area contributed by atoms with Gasteiger partial charge in [0, 0.05) is 24.1 Å². The lowest BCUT2D eigenvalue weighted by molar-refractivity contribution is -0.137. The van der Waals surface area contributed by atoms with Crippen LogP contribution < -0.4 is 15.2 Å². The van der Waals surface area contributed by atoms with Gasteiger partial charge in [0.1, 0.15) is 19.0 Å². The third-order valence-corrected chi connectivity index (χ3v) is 3.22. The normalized spacial score (nSPS) is 15.1. The number of hydrogen-bond acceptors (Lipinski definition) is 5. The molecule has 4 N–H and O–H groups in total. The van der Waals surface area contributed by atoms with Crippen molar-refractivity contribution in [2.45, 2.75) is 18.9 Å². The number of carbonyl (C=O) groups is 1. The third-order valence-electron chi connectivity index (χ3n) is 2.82. The molecule has 0 bridgehead atoms. The first-order valence-corrected chi connectivity index (χ1v) is 6.17. The quantitative estimate of drug-likeness (QED) is 0.779. The minimum atomic E-state index is -0.947. The smallest absolute Gasteiger partial charge is 0.303 e. The van der Waals surface area contributed by atoms with Crippen molar-refractivity contribution in [3.05, 3.63) is 16.7 Å². The fraction of sp³-hybridized carbons (Fsp3) is 0.417. The predicted octanol–water partition coefficient (Wildman–Crippen LogP) is 1.68. The fourth-order valence-corrected chi connectivity index (χ4v) is 2.21. The average Bonchev–Trinajstić information content (AvgIpc) is 2.37. The fourth-order valence-electron chi connectivity index (χ4n) is 1.93. The van der Waals surface area contributed by atoms with Gasteiger partial charge in [-0.2, -0.15) is 0 Å². The number of carboxylic acid groups (broad SMARTS) is 1. The summed E-state index contributed by atoms with van der Waals surface area (Å²) in [5.74, 6) is -0.356.